The molecule has 4 nitrogen and oxygen atoms in total. The topological polar surface area (TPSA) is 57.6 Å². The monoisotopic (exact) mass is 341 g/mol. The average Bonchev–Trinajstić information content (AvgIpc) is 2.98. The second-order valence-electron chi connectivity index (χ2n) is 4.60. The summed E-state index contributed by atoms with van der Waals surface area (Å²) in [5, 5.41) is 9.31. The summed E-state index contributed by atoms with van der Waals surface area (Å²) in [4.78, 5) is 25.4. The first-order valence-corrected chi connectivity index (χ1v) is 7.64. The van der Waals surface area contributed by atoms with E-state index in [-0.39, 0.29) is 12.5 Å². The molecule has 1 amide bonds. The number of halogens is 2. The SMILES string of the molecule is O=C(O)C1CN(C(=O)c2cc(Cl)sc2Cl)c2ccccc21. The van der Waals surface area contributed by atoms with Gasteiger partial charge < -0.3 is 10.0 Å². The number of benzene rings is 1. The molecule has 0 radical (unpaired) electrons. The Hall–Kier alpha value is -1.56. The number of hydrogen-bond acceptors (Lipinski definition) is 3. The van der Waals surface area contributed by atoms with E-state index in [2.05, 4.69) is 0 Å². The van der Waals surface area contributed by atoms with Crippen LogP contribution in [-0.4, -0.2) is 23.5 Å². The van der Waals surface area contributed by atoms with Gasteiger partial charge in [-0.3, -0.25) is 9.59 Å². The Balaban J connectivity index is 2.02. The molecular weight excluding hydrogens is 333 g/mol. The van der Waals surface area contributed by atoms with Gasteiger partial charge in [0.25, 0.3) is 5.91 Å². The van der Waals surface area contributed by atoms with Crippen molar-refractivity contribution in [1.29, 1.82) is 0 Å². The van der Waals surface area contributed by atoms with Gasteiger partial charge in [-0.25, -0.2) is 0 Å². The van der Waals surface area contributed by atoms with Gasteiger partial charge >= 0.3 is 5.97 Å². The van der Waals surface area contributed by atoms with E-state index in [9.17, 15) is 14.7 Å². The van der Waals surface area contributed by atoms with Crippen LogP contribution in [0, 0.1) is 0 Å². The number of hydrogen-bond donors (Lipinski definition) is 1. The maximum Gasteiger partial charge on any atom is 0.312 e. The normalized spacial score (nSPS) is 16.9. The lowest BCUT2D eigenvalue weighted by Crippen LogP contribution is -2.31. The van der Waals surface area contributed by atoms with Crippen LogP contribution < -0.4 is 4.90 Å². The first kappa shape index (κ1) is 14.4. The number of aliphatic carboxylic acids is 1. The molecule has 2 heterocycles. The summed E-state index contributed by atoms with van der Waals surface area (Å²) in [5.74, 6) is -2.01. The molecule has 0 saturated carbocycles. The van der Waals surface area contributed by atoms with Gasteiger partial charge in [-0.05, 0) is 17.7 Å². The number of carbonyl (C=O) groups excluding carboxylic acids is 1. The van der Waals surface area contributed by atoms with Crippen molar-refractivity contribution in [3.8, 4) is 0 Å². The van der Waals surface area contributed by atoms with Gasteiger partial charge in [0.05, 0.1) is 9.90 Å². The smallest absolute Gasteiger partial charge is 0.312 e. The second kappa shape index (κ2) is 5.33. The largest absolute Gasteiger partial charge is 0.481 e. The zero-order valence-electron chi connectivity index (χ0n) is 10.5. The molecule has 1 N–H and O–H groups in total. The number of anilines is 1. The van der Waals surface area contributed by atoms with Crippen LogP contribution in [0.5, 0.6) is 0 Å². The highest BCUT2D eigenvalue weighted by molar-refractivity contribution is 7.20. The van der Waals surface area contributed by atoms with Crippen molar-refractivity contribution >= 4 is 52.1 Å². The molecule has 3 rings (SSSR count). The predicted octanol–water partition coefficient (Wildman–Crippen LogP) is 3.88. The third-order valence-corrected chi connectivity index (χ3v) is 4.89. The summed E-state index contributed by atoms with van der Waals surface area (Å²) in [6.45, 7) is 0.0946. The Kier molecular flexibility index (Phi) is 3.65. The highest BCUT2D eigenvalue weighted by Gasteiger charge is 2.37. The molecule has 0 saturated heterocycles. The van der Waals surface area contributed by atoms with Gasteiger partial charge in [-0.2, -0.15) is 0 Å². The lowest BCUT2D eigenvalue weighted by atomic mass is 10.0. The number of carboxylic acids is 1. The Labute approximate surface area is 134 Å². The van der Waals surface area contributed by atoms with E-state index in [1.807, 2.05) is 0 Å². The molecule has 0 fully saturated rings. The third-order valence-electron chi connectivity index (χ3n) is 3.40. The van der Waals surface area contributed by atoms with Crippen LogP contribution in [0.3, 0.4) is 0 Å². The molecule has 7 heteroatoms. The molecule has 0 aliphatic carbocycles. The first-order chi connectivity index (χ1) is 9.99. The number of para-hydroxylation sites is 1. The van der Waals surface area contributed by atoms with Gasteiger partial charge in [0.15, 0.2) is 0 Å². The Morgan fingerprint density at radius 3 is 2.62 bits per heavy atom. The summed E-state index contributed by atoms with van der Waals surface area (Å²) in [6, 6.07) is 8.50. The standard InChI is InChI=1S/C14H9Cl2NO3S/c15-11-5-8(12(16)21-11)13(18)17-6-9(14(19)20)7-3-1-2-4-10(7)17/h1-5,9H,6H2,(H,19,20). The molecule has 1 aromatic carbocycles. The summed E-state index contributed by atoms with van der Waals surface area (Å²) >= 11 is 13.0. The zero-order valence-corrected chi connectivity index (χ0v) is 12.9. The first-order valence-electron chi connectivity index (χ1n) is 6.07. The van der Waals surface area contributed by atoms with Crippen molar-refractivity contribution < 1.29 is 14.7 Å². The number of nitrogens with zero attached hydrogens (tertiary/aromatic N) is 1. The maximum absolute atomic E-state index is 12.6. The fourth-order valence-corrected chi connectivity index (χ4v) is 3.89. The van der Waals surface area contributed by atoms with Crippen LogP contribution in [0.1, 0.15) is 21.8 Å². The molecule has 0 spiro atoms. The molecule has 2 aromatic rings. The minimum absolute atomic E-state index is 0.0946. The van der Waals surface area contributed by atoms with Crippen molar-refractivity contribution in [2.24, 2.45) is 0 Å². The average molecular weight is 342 g/mol. The summed E-state index contributed by atoms with van der Waals surface area (Å²) < 4.78 is 0.729. The van der Waals surface area contributed by atoms with Crippen LogP contribution >= 0.6 is 34.5 Å². The van der Waals surface area contributed by atoms with E-state index in [0.717, 1.165) is 11.3 Å². The van der Waals surface area contributed by atoms with E-state index < -0.39 is 11.9 Å². The Morgan fingerprint density at radius 1 is 1.29 bits per heavy atom. The summed E-state index contributed by atoms with van der Waals surface area (Å²) in [5.41, 5.74) is 1.54. The number of thiophene rings is 1. The Bertz CT molecular complexity index is 744. The number of carboxylic acid groups (broad SMARTS) is 1. The van der Waals surface area contributed by atoms with Gasteiger partial charge in [0.1, 0.15) is 10.3 Å². The number of carbonyl (C=O) groups is 2. The van der Waals surface area contributed by atoms with E-state index >= 15 is 0 Å². The molecular formula is C14H9Cl2NO3S. The van der Waals surface area contributed by atoms with Gasteiger partial charge in [-0.1, -0.05) is 41.4 Å². The molecule has 1 aliphatic heterocycles. The van der Waals surface area contributed by atoms with Gasteiger partial charge in [0.2, 0.25) is 0 Å². The van der Waals surface area contributed by atoms with E-state index in [4.69, 9.17) is 23.2 Å². The minimum Gasteiger partial charge on any atom is -0.481 e. The molecule has 21 heavy (non-hydrogen) atoms. The van der Waals surface area contributed by atoms with E-state index in [0.29, 0.717) is 25.5 Å². The minimum atomic E-state index is -0.952. The molecule has 1 unspecified atom stereocenters. The quantitative estimate of drug-likeness (QED) is 0.901. The fraction of sp³-hybridized carbons (Fsp3) is 0.143. The summed E-state index contributed by atoms with van der Waals surface area (Å²) in [6.07, 6.45) is 0. The van der Waals surface area contributed by atoms with Crippen LogP contribution in [-0.2, 0) is 4.79 Å². The molecule has 1 aromatic heterocycles. The van der Waals surface area contributed by atoms with Crippen molar-refractivity contribution in [3.63, 3.8) is 0 Å². The number of rotatable bonds is 2. The lowest BCUT2D eigenvalue weighted by molar-refractivity contribution is -0.138. The lowest BCUT2D eigenvalue weighted by Gasteiger charge is -2.17. The van der Waals surface area contributed by atoms with Crippen molar-refractivity contribution in [1.82, 2.24) is 0 Å². The van der Waals surface area contributed by atoms with Crippen LogP contribution in [0.25, 0.3) is 0 Å². The molecule has 108 valence electrons. The van der Waals surface area contributed by atoms with E-state index in [1.165, 1.54) is 11.0 Å². The molecule has 0 bridgehead atoms. The number of fused-ring (bicyclic) bond motifs is 1. The van der Waals surface area contributed by atoms with Crippen LogP contribution in [0.4, 0.5) is 5.69 Å². The maximum atomic E-state index is 12.6. The van der Waals surface area contributed by atoms with Crippen molar-refractivity contribution in [3.05, 3.63) is 50.1 Å². The van der Waals surface area contributed by atoms with Gasteiger partial charge in [0, 0.05) is 12.2 Å². The van der Waals surface area contributed by atoms with E-state index in [1.54, 1.807) is 24.3 Å². The van der Waals surface area contributed by atoms with Crippen LogP contribution in [0.2, 0.25) is 8.67 Å². The third kappa shape index (κ3) is 2.41. The predicted molar refractivity (Wildman–Crippen MR) is 82.8 cm³/mol. The summed E-state index contributed by atoms with van der Waals surface area (Å²) in [7, 11) is 0. The highest BCUT2D eigenvalue weighted by atomic mass is 35.5. The van der Waals surface area contributed by atoms with Gasteiger partial charge in [-0.15, -0.1) is 11.3 Å². The highest BCUT2D eigenvalue weighted by Crippen LogP contribution is 2.39. The number of amides is 1. The molecule has 1 aliphatic rings. The fourth-order valence-electron chi connectivity index (χ4n) is 2.44. The second-order valence-corrected chi connectivity index (χ2v) is 6.89. The van der Waals surface area contributed by atoms with Crippen molar-refractivity contribution in [2.45, 2.75) is 5.92 Å². The zero-order chi connectivity index (χ0) is 15.1. The van der Waals surface area contributed by atoms with Crippen LogP contribution in [0.15, 0.2) is 30.3 Å². The van der Waals surface area contributed by atoms with Crippen molar-refractivity contribution in [2.75, 3.05) is 11.4 Å². The molecule has 1 atom stereocenters. The Morgan fingerprint density at radius 2 is 2.00 bits per heavy atom.